The lowest BCUT2D eigenvalue weighted by Crippen LogP contribution is -2.44. The highest BCUT2D eigenvalue weighted by molar-refractivity contribution is 9.10. The van der Waals surface area contributed by atoms with Crippen molar-refractivity contribution in [2.24, 2.45) is 5.92 Å². The zero-order valence-electron chi connectivity index (χ0n) is 12.4. The number of rotatable bonds is 7. The van der Waals surface area contributed by atoms with Crippen molar-refractivity contribution < 1.29 is 18.7 Å². The molecule has 0 bridgehead atoms. The van der Waals surface area contributed by atoms with Gasteiger partial charge in [-0.25, -0.2) is 4.79 Å². The Labute approximate surface area is 132 Å². The summed E-state index contributed by atoms with van der Waals surface area (Å²) in [6, 6.07) is 3.04. The molecule has 0 fully saturated rings. The quantitative estimate of drug-likeness (QED) is 0.783. The zero-order chi connectivity index (χ0) is 15.8. The summed E-state index contributed by atoms with van der Waals surface area (Å²) in [4.78, 5) is 23.4. The van der Waals surface area contributed by atoms with Crippen LogP contribution >= 0.6 is 15.9 Å². The van der Waals surface area contributed by atoms with Crippen LogP contribution in [0.3, 0.4) is 0 Å². The van der Waals surface area contributed by atoms with Crippen molar-refractivity contribution in [1.82, 2.24) is 10.6 Å². The van der Waals surface area contributed by atoms with Crippen LogP contribution < -0.4 is 10.6 Å². The van der Waals surface area contributed by atoms with Crippen molar-refractivity contribution in [1.29, 1.82) is 0 Å². The molecule has 0 saturated carbocycles. The third-order valence-corrected chi connectivity index (χ3v) is 3.09. The van der Waals surface area contributed by atoms with Crippen LogP contribution in [-0.2, 0) is 4.74 Å². The molecule has 2 amide bonds. The lowest BCUT2D eigenvalue weighted by molar-refractivity contribution is 0.0916. The maximum Gasteiger partial charge on any atom is 0.407 e. The van der Waals surface area contributed by atoms with E-state index in [2.05, 4.69) is 26.6 Å². The summed E-state index contributed by atoms with van der Waals surface area (Å²) in [6.07, 6.45) is 0.263. The van der Waals surface area contributed by atoms with Gasteiger partial charge in [-0.05, 0) is 47.3 Å². The van der Waals surface area contributed by atoms with Crippen molar-refractivity contribution in [3.63, 3.8) is 0 Å². The molecule has 1 aromatic rings. The fourth-order valence-corrected chi connectivity index (χ4v) is 2.15. The smallest absolute Gasteiger partial charge is 0.407 e. The fourth-order valence-electron chi connectivity index (χ4n) is 1.84. The van der Waals surface area contributed by atoms with E-state index < -0.39 is 6.09 Å². The lowest BCUT2D eigenvalue weighted by atomic mass is 10.0. The first-order valence-electron chi connectivity index (χ1n) is 6.89. The molecule has 0 radical (unpaired) electrons. The van der Waals surface area contributed by atoms with Gasteiger partial charge in [0.05, 0.1) is 6.61 Å². The Kier molecular flexibility index (Phi) is 7.28. The Morgan fingerprint density at radius 3 is 2.62 bits per heavy atom. The number of carbonyl (C=O) groups excluding carboxylic acids is 2. The number of halogens is 1. The standard InChI is InChI=1S/C14H21BrN2O4/c1-4-20-14(19)17-10(7-9(2)3)8-16-13(18)11-5-6-12(15)21-11/h5-6,9-10H,4,7-8H2,1-3H3,(H,16,18)(H,17,19). The number of ether oxygens (including phenoxy) is 1. The molecule has 1 aromatic heterocycles. The largest absolute Gasteiger partial charge is 0.450 e. The van der Waals surface area contributed by atoms with Crippen LogP contribution in [0.2, 0.25) is 0 Å². The second-order valence-electron chi connectivity index (χ2n) is 5.01. The van der Waals surface area contributed by atoms with E-state index in [1.165, 1.54) is 0 Å². The number of hydrogen-bond donors (Lipinski definition) is 2. The highest BCUT2D eigenvalue weighted by Gasteiger charge is 2.17. The lowest BCUT2D eigenvalue weighted by Gasteiger charge is -2.20. The van der Waals surface area contributed by atoms with Gasteiger partial charge in [0.25, 0.3) is 5.91 Å². The molecule has 1 unspecified atom stereocenters. The number of furan rings is 1. The van der Waals surface area contributed by atoms with E-state index in [1.54, 1.807) is 19.1 Å². The first-order chi connectivity index (χ1) is 9.92. The molecular weight excluding hydrogens is 340 g/mol. The molecule has 2 N–H and O–H groups in total. The summed E-state index contributed by atoms with van der Waals surface area (Å²) in [5.41, 5.74) is 0. The van der Waals surface area contributed by atoms with Crippen LogP contribution in [0.1, 0.15) is 37.7 Å². The minimum atomic E-state index is -0.474. The maximum absolute atomic E-state index is 11.9. The van der Waals surface area contributed by atoms with Gasteiger partial charge in [-0.2, -0.15) is 0 Å². The first-order valence-corrected chi connectivity index (χ1v) is 7.68. The minimum Gasteiger partial charge on any atom is -0.450 e. The molecule has 1 atom stereocenters. The predicted molar refractivity (Wildman–Crippen MR) is 82.1 cm³/mol. The number of carbonyl (C=O) groups is 2. The van der Waals surface area contributed by atoms with Crippen molar-refractivity contribution in [3.05, 3.63) is 22.6 Å². The molecule has 0 aliphatic rings. The molecule has 118 valence electrons. The van der Waals surface area contributed by atoms with Crippen LogP contribution in [0.25, 0.3) is 0 Å². The highest BCUT2D eigenvalue weighted by atomic mass is 79.9. The summed E-state index contributed by atoms with van der Waals surface area (Å²) in [7, 11) is 0. The minimum absolute atomic E-state index is 0.189. The predicted octanol–water partition coefficient (Wildman–Crippen LogP) is 2.93. The van der Waals surface area contributed by atoms with Crippen LogP contribution in [0, 0.1) is 5.92 Å². The van der Waals surface area contributed by atoms with E-state index in [4.69, 9.17) is 9.15 Å². The molecule has 0 aliphatic carbocycles. The second-order valence-corrected chi connectivity index (χ2v) is 5.79. The molecule has 7 heteroatoms. The number of amides is 2. The van der Waals surface area contributed by atoms with Crippen molar-refractivity contribution >= 4 is 27.9 Å². The average Bonchev–Trinajstić information content (AvgIpc) is 2.82. The fraction of sp³-hybridized carbons (Fsp3) is 0.571. The van der Waals surface area contributed by atoms with Gasteiger partial charge < -0.3 is 19.8 Å². The second kappa shape index (κ2) is 8.71. The summed E-state index contributed by atoms with van der Waals surface area (Å²) >= 11 is 3.14. The van der Waals surface area contributed by atoms with E-state index in [9.17, 15) is 9.59 Å². The number of nitrogens with one attached hydrogen (secondary N) is 2. The molecule has 0 saturated heterocycles. The van der Waals surface area contributed by atoms with Gasteiger partial charge in [0.1, 0.15) is 0 Å². The summed E-state index contributed by atoms with van der Waals surface area (Å²) < 4.78 is 10.5. The normalized spacial score (nSPS) is 12.0. The molecule has 21 heavy (non-hydrogen) atoms. The first kappa shape index (κ1) is 17.6. The Morgan fingerprint density at radius 1 is 1.38 bits per heavy atom. The van der Waals surface area contributed by atoms with E-state index >= 15 is 0 Å². The Balaban J connectivity index is 2.52. The zero-order valence-corrected chi connectivity index (χ0v) is 14.0. The third-order valence-electron chi connectivity index (χ3n) is 2.66. The van der Waals surface area contributed by atoms with Crippen LogP contribution in [0.15, 0.2) is 21.2 Å². The van der Waals surface area contributed by atoms with E-state index in [-0.39, 0.29) is 17.7 Å². The summed E-state index contributed by atoms with van der Waals surface area (Å²) in [5, 5.41) is 5.49. The molecule has 0 spiro atoms. The molecule has 1 heterocycles. The molecule has 1 rings (SSSR count). The van der Waals surface area contributed by atoms with E-state index in [0.29, 0.717) is 23.7 Å². The number of alkyl carbamates (subject to hydrolysis) is 1. The molecule has 0 aromatic carbocycles. The third kappa shape index (κ3) is 6.66. The Morgan fingerprint density at radius 2 is 2.10 bits per heavy atom. The monoisotopic (exact) mass is 360 g/mol. The Hall–Kier alpha value is -1.50. The van der Waals surface area contributed by atoms with Crippen molar-refractivity contribution in [3.8, 4) is 0 Å². The summed E-state index contributed by atoms with van der Waals surface area (Å²) in [6.45, 7) is 6.46. The van der Waals surface area contributed by atoms with Crippen LogP contribution in [0.5, 0.6) is 0 Å². The van der Waals surface area contributed by atoms with Crippen molar-refractivity contribution in [2.45, 2.75) is 33.2 Å². The van der Waals surface area contributed by atoms with Gasteiger partial charge in [-0.3, -0.25) is 4.79 Å². The summed E-state index contributed by atoms with van der Waals surface area (Å²) in [5.74, 6) is 0.285. The molecule has 6 nitrogen and oxygen atoms in total. The topological polar surface area (TPSA) is 80.6 Å². The Bertz CT molecular complexity index is 473. The van der Waals surface area contributed by atoms with Gasteiger partial charge in [0.2, 0.25) is 0 Å². The maximum atomic E-state index is 11.9. The van der Waals surface area contributed by atoms with E-state index in [0.717, 1.165) is 6.42 Å². The van der Waals surface area contributed by atoms with Crippen molar-refractivity contribution in [2.75, 3.05) is 13.2 Å². The van der Waals surface area contributed by atoms with Gasteiger partial charge in [-0.15, -0.1) is 0 Å². The highest BCUT2D eigenvalue weighted by Crippen LogP contribution is 2.13. The molecule has 0 aliphatic heterocycles. The van der Waals surface area contributed by atoms with Gasteiger partial charge >= 0.3 is 6.09 Å². The van der Waals surface area contributed by atoms with Crippen LogP contribution in [0.4, 0.5) is 4.79 Å². The van der Waals surface area contributed by atoms with E-state index in [1.807, 2.05) is 13.8 Å². The van der Waals surface area contributed by atoms with Gasteiger partial charge in [0, 0.05) is 12.6 Å². The van der Waals surface area contributed by atoms with Crippen LogP contribution in [-0.4, -0.2) is 31.2 Å². The average molecular weight is 361 g/mol. The number of hydrogen-bond acceptors (Lipinski definition) is 4. The van der Waals surface area contributed by atoms with Gasteiger partial charge in [-0.1, -0.05) is 13.8 Å². The SMILES string of the molecule is CCOC(=O)NC(CNC(=O)c1ccc(Br)o1)CC(C)C. The van der Waals surface area contributed by atoms with Gasteiger partial charge in [0.15, 0.2) is 10.4 Å². The molecular formula is C14H21BrN2O4.